The zero-order valence-corrected chi connectivity index (χ0v) is 12.3. The number of halogens is 1. The fraction of sp³-hybridized carbons (Fsp3) is 0.500. The van der Waals surface area contributed by atoms with Gasteiger partial charge < -0.3 is 10.1 Å². The van der Waals surface area contributed by atoms with Gasteiger partial charge >= 0.3 is 0 Å². The quantitative estimate of drug-likeness (QED) is 0.907. The van der Waals surface area contributed by atoms with Crippen molar-refractivity contribution in [2.75, 3.05) is 20.2 Å². The van der Waals surface area contributed by atoms with Crippen LogP contribution in [-0.2, 0) is 17.6 Å². The van der Waals surface area contributed by atoms with Gasteiger partial charge in [0.25, 0.3) is 0 Å². The molecule has 1 aromatic rings. The maximum atomic E-state index is 12.1. The fourth-order valence-electron chi connectivity index (χ4n) is 2.26. The van der Waals surface area contributed by atoms with Crippen molar-refractivity contribution in [2.45, 2.75) is 19.8 Å². The molecule has 0 saturated heterocycles. The minimum Gasteiger partial charge on any atom is -0.493 e. The van der Waals surface area contributed by atoms with Crippen LogP contribution in [0.1, 0.15) is 18.1 Å². The zero-order valence-electron chi connectivity index (χ0n) is 10.8. The summed E-state index contributed by atoms with van der Waals surface area (Å²) in [6, 6.07) is 4.07. The van der Waals surface area contributed by atoms with E-state index in [4.69, 9.17) is 4.74 Å². The number of hydrogen-bond acceptors (Lipinski definition) is 3. The summed E-state index contributed by atoms with van der Waals surface area (Å²) in [5.41, 5.74) is 2.21. The van der Waals surface area contributed by atoms with Gasteiger partial charge in [0.1, 0.15) is 11.5 Å². The summed E-state index contributed by atoms with van der Waals surface area (Å²) in [6.07, 6.45) is 1.38. The van der Waals surface area contributed by atoms with Gasteiger partial charge in [-0.05, 0) is 24.7 Å². The van der Waals surface area contributed by atoms with E-state index in [1.807, 2.05) is 20.0 Å². The van der Waals surface area contributed by atoms with Gasteiger partial charge in [-0.3, -0.25) is 4.79 Å². The molecule has 3 nitrogen and oxygen atoms in total. The molecule has 1 aliphatic rings. The van der Waals surface area contributed by atoms with E-state index in [1.54, 1.807) is 0 Å². The molecule has 0 aliphatic carbocycles. The Labute approximate surface area is 116 Å². The molecule has 2 rings (SSSR count). The van der Waals surface area contributed by atoms with Crippen LogP contribution in [0.25, 0.3) is 0 Å². The highest BCUT2D eigenvalue weighted by Crippen LogP contribution is 2.33. The highest BCUT2D eigenvalue weighted by Gasteiger charge is 2.21. The van der Waals surface area contributed by atoms with E-state index in [9.17, 15) is 4.79 Å². The number of benzene rings is 1. The summed E-state index contributed by atoms with van der Waals surface area (Å²) in [6.45, 7) is 3.40. The molecular weight excluding hydrogens is 294 g/mol. The largest absolute Gasteiger partial charge is 0.493 e. The van der Waals surface area contributed by atoms with Crippen molar-refractivity contribution in [3.05, 3.63) is 27.7 Å². The Morgan fingerprint density at radius 3 is 3.06 bits per heavy atom. The van der Waals surface area contributed by atoms with Crippen molar-refractivity contribution < 1.29 is 9.53 Å². The molecule has 0 spiro atoms. The Hall–Kier alpha value is -0.870. The lowest BCUT2D eigenvalue weighted by Gasteiger charge is -2.12. The first-order valence-electron chi connectivity index (χ1n) is 6.23. The molecule has 18 heavy (non-hydrogen) atoms. The van der Waals surface area contributed by atoms with Crippen molar-refractivity contribution >= 4 is 21.7 Å². The summed E-state index contributed by atoms with van der Waals surface area (Å²) < 4.78 is 6.66. The Kier molecular flexibility index (Phi) is 4.40. The van der Waals surface area contributed by atoms with E-state index in [-0.39, 0.29) is 11.7 Å². The van der Waals surface area contributed by atoms with Gasteiger partial charge in [0.15, 0.2) is 0 Å². The van der Waals surface area contributed by atoms with Crippen LogP contribution in [0.2, 0.25) is 0 Å². The summed E-state index contributed by atoms with van der Waals surface area (Å²) in [5.74, 6) is 1.20. The van der Waals surface area contributed by atoms with Crippen LogP contribution in [0.15, 0.2) is 16.6 Å². The van der Waals surface area contributed by atoms with Crippen LogP contribution in [0, 0.1) is 5.92 Å². The number of nitrogens with one attached hydrogen (secondary N) is 1. The van der Waals surface area contributed by atoms with Gasteiger partial charge in [-0.2, -0.15) is 0 Å². The molecule has 0 amide bonds. The normalized spacial score (nSPS) is 15.1. The SMILES string of the molecule is CNCC(C)C(=O)Cc1cc(Br)cc2c1OCC2. The molecule has 1 atom stereocenters. The first-order chi connectivity index (χ1) is 8.61. The Bertz CT molecular complexity index is 459. The first-order valence-corrected chi connectivity index (χ1v) is 7.02. The summed E-state index contributed by atoms with van der Waals surface area (Å²) in [5, 5.41) is 3.04. The maximum Gasteiger partial charge on any atom is 0.141 e. The van der Waals surface area contributed by atoms with E-state index in [1.165, 1.54) is 5.56 Å². The second kappa shape index (κ2) is 5.85. The van der Waals surface area contributed by atoms with Crippen molar-refractivity contribution in [3.63, 3.8) is 0 Å². The molecule has 4 heteroatoms. The van der Waals surface area contributed by atoms with Crippen molar-refractivity contribution in [1.82, 2.24) is 5.32 Å². The van der Waals surface area contributed by atoms with E-state index in [0.717, 1.165) is 35.4 Å². The molecule has 0 radical (unpaired) electrons. The average Bonchev–Trinajstić information content (AvgIpc) is 2.77. The molecule has 1 unspecified atom stereocenters. The van der Waals surface area contributed by atoms with Crippen LogP contribution in [0.4, 0.5) is 0 Å². The first kappa shape index (κ1) is 13.6. The predicted octanol–water partition coefficient (Wildman–Crippen LogP) is 2.35. The number of hydrogen-bond donors (Lipinski definition) is 1. The molecule has 1 aromatic carbocycles. The topological polar surface area (TPSA) is 38.3 Å². The second-order valence-electron chi connectivity index (χ2n) is 4.75. The molecule has 0 fully saturated rings. The molecular formula is C14H18BrNO2. The fourth-order valence-corrected chi connectivity index (χ4v) is 2.81. The van der Waals surface area contributed by atoms with Crippen LogP contribution in [-0.4, -0.2) is 26.0 Å². The molecule has 0 saturated carbocycles. The Balaban J connectivity index is 2.17. The van der Waals surface area contributed by atoms with Gasteiger partial charge in [0, 0.05) is 35.3 Å². The number of fused-ring (bicyclic) bond motifs is 1. The average molecular weight is 312 g/mol. The number of rotatable bonds is 5. The van der Waals surface area contributed by atoms with Crippen LogP contribution in [0.5, 0.6) is 5.75 Å². The van der Waals surface area contributed by atoms with E-state index in [0.29, 0.717) is 6.42 Å². The minimum absolute atomic E-state index is 0.0334. The van der Waals surface area contributed by atoms with Crippen LogP contribution in [0.3, 0.4) is 0 Å². The van der Waals surface area contributed by atoms with Crippen molar-refractivity contribution in [3.8, 4) is 5.75 Å². The monoisotopic (exact) mass is 311 g/mol. The predicted molar refractivity (Wildman–Crippen MR) is 75.1 cm³/mol. The summed E-state index contributed by atoms with van der Waals surface area (Å²) >= 11 is 3.49. The molecule has 1 heterocycles. The second-order valence-corrected chi connectivity index (χ2v) is 5.67. The standard InChI is InChI=1S/C14H18BrNO2/c1-9(8-16-2)13(17)7-11-6-12(15)5-10-3-4-18-14(10)11/h5-6,9,16H,3-4,7-8H2,1-2H3. The molecule has 0 aromatic heterocycles. The van der Waals surface area contributed by atoms with Gasteiger partial charge in [-0.25, -0.2) is 0 Å². The molecule has 1 aliphatic heterocycles. The van der Waals surface area contributed by atoms with Gasteiger partial charge in [0.2, 0.25) is 0 Å². The van der Waals surface area contributed by atoms with Crippen molar-refractivity contribution in [2.24, 2.45) is 5.92 Å². The number of ketones is 1. The third-order valence-electron chi connectivity index (χ3n) is 3.25. The third kappa shape index (κ3) is 2.93. The highest BCUT2D eigenvalue weighted by atomic mass is 79.9. The van der Waals surface area contributed by atoms with Gasteiger partial charge in [-0.15, -0.1) is 0 Å². The summed E-state index contributed by atoms with van der Waals surface area (Å²) in [7, 11) is 1.86. The lowest BCUT2D eigenvalue weighted by atomic mass is 9.97. The minimum atomic E-state index is 0.0334. The Morgan fingerprint density at radius 1 is 1.56 bits per heavy atom. The van der Waals surface area contributed by atoms with E-state index >= 15 is 0 Å². The molecule has 1 N–H and O–H groups in total. The van der Waals surface area contributed by atoms with Gasteiger partial charge in [0.05, 0.1) is 6.61 Å². The molecule has 0 bridgehead atoms. The maximum absolute atomic E-state index is 12.1. The van der Waals surface area contributed by atoms with Gasteiger partial charge in [-0.1, -0.05) is 22.9 Å². The van der Waals surface area contributed by atoms with Crippen molar-refractivity contribution in [1.29, 1.82) is 0 Å². The summed E-state index contributed by atoms with van der Waals surface area (Å²) in [4.78, 5) is 12.1. The zero-order chi connectivity index (χ0) is 13.1. The third-order valence-corrected chi connectivity index (χ3v) is 3.71. The van der Waals surface area contributed by atoms with Crippen LogP contribution >= 0.6 is 15.9 Å². The lowest BCUT2D eigenvalue weighted by Crippen LogP contribution is -2.25. The van der Waals surface area contributed by atoms with Crippen LogP contribution < -0.4 is 10.1 Å². The number of carbonyl (C=O) groups is 1. The Morgan fingerprint density at radius 2 is 2.33 bits per heavy atom. The number of carbonyl (C=O) groups excluding carboxylic acids is 1. The smallest absolute Gasteiger partial charge is 0.141 e. The molecule has 98 valence electrons. The number of ether oxygens (including phenoxy) is 1. The van der Waals surface area contributed by atoms with E-state index in [2.05, 4.69) is 27.3 Å². The lowest BCUT2D eigenvalue weighted by molar-refractivity contribution is -0.121. The number of Topliss-reactive ketones (excluding diaryl/α,β-unsaturated/α-hetero) is 1. The van der Waals surface area contributed by atoms with E-state index < -0.39 is 0 Å². The highest BCUT2D eigenvalue weighted by molar-refractivity contribution is 9.10.